The summed E-state index contributed by atoms with van der Waals surface area (Å²) in [5.41, 5.74) is 4.04. The molecule has 0 fully saturated rings. The molecule has 0 aliphatic rings. The first-order valence-electron chi connectivity index (χ1n) is 5.17. The molecule has 0 saturated heterocycles. The van der Waals surface area contributed by atoms with E-state index in [0.29, 0.717) is 14.9 Å². The van der Waals surface area contributed by atoms with Crippen LogP contribution in [0.5, 0.6) is 0 Å². The third-order valence-electron chi connectivity index (χ3n) is 2.20. The van der Waals surface area contributed by atoms with Crippen molar-refractivity contribution in [2.24, 2.45) is 5.10 Å². The second-order valence-corrected chi connectivity index (χ2v) is 5.20. The molecule has 4 nitrogen and oxygen atoms in total. The lowest BCUT2D eigenvalue weighted by Crippen LogP contribution is -2.18. The molecule has 1 N–H and O–H groups in total. The van der Waals surface area contributed by atoms with Gasteiger partial charge in [0.15, 0.2) is 0 Å². The smallest absolute Gasteiger partial charge is 0.266 e. The van der Waals surface area contributed by atoms with Crippen LogP contribution in [-0.2, 0) is 0 Å². The Morgan fingerprint density at radius 3 is 2.89 bits per heavy atom. The summed E-state index contributed by atoms with van der Waals surface area (Å²) in [4.78, 5) is 16.2. The highest BCUT2D eigenvalue weighted by Gasteiger charge is 2.07. The van der Waals surface area contributed by atoms with Crippen LogP contribution in [0.2, 0.25) is 4.34 Å². The molecule has 0 aliphatic carbocycles. The van der Waals surface area contributed by atoms with Gasteiger partial charge in [0.05, 0.1) is 14.9 Å². The van der Waals surface area contributed by atoms with E-state index in [1.54, 1.807) is 31.5 Å². The number of rotatable bonds is 3. The van der Waals surface area contributed by atoms with Gasteiger partial charge in [0, 0.05) is 18.0 Å². The van der Waals surface area contributed by atoms with Crippen LogP contribution in [0.3, 0.4) is 0 Å². The zero-order valence-electron chi connectivity index (χ0n) is 9.55. The summed E-state index contributed by atoms with van der Waals surface area (Å²) in [6.45, 7) is 1.80. The van der Waals surface area contributed by atoms with Crippen LogP contribution in [0.15, 0.2) is 41.8 Å². The fourth-order valence-electron chi connectivity index (χ4n) is 1.27. The predicted octanol–water partition coefficient (Wildman–Crippen LogP) is 2.95. The highest BCUT2D eigenvalue weighted by atomic mass is 35.5. The Labute approximate surface area is 113 Å². The van der Waals surface area contributed by atoms with Gasteiger partial charge in [-0.3, -0.25) is 9.78 Å². The van der Waals surface area contributed by atoms with Gasteiger partial charge in [-0.15, -0.1) is 11.3 Å². The lowest BCUT2D eigenvalue weighted by molar-refractivity contribution is 0.0959. The topological polar surface area (TPSA) is 54.4 Å². The Bertz CT molecular complexity index is 580. The lowest BCUT2D eigenvalue weighted by Gasteiger charge is -2.00. The van der Waals surface area contributed by atoms with Crippen molar-refractivity contribution in [3.8, 4) is 0 Å². The number of pyridine rings is 1. The van der Waals surface area contributed by atoms with Crippen molar-refractivity contribution in [3.05, 3.63) is 51.4 Å². The molecule has 1 amide bonds. The highest BCUT2D eigenvalue weighted by molar-refractivity contribution is 7.17. The van der Waals surface area contributed by atoms with Gasteiger partial charge in [0.1, 0.15) is 0 Å². The SMILES string of the molecule is CC(=NNC(=O)c1ccc(Cl)s1)c1cccnc1. The molecule has 0 atom stereocenters. The number of amides is 1. The van der Waals surface area contributed by atoms with E-state index in [-0.39, 0.29) is 5.91 Å². The summed E-state index contributed by atoms with van der Waals surface area (Å²) in [5.74, 6) is -0.268. The number of nitrogens with one attached hydrogen (secondary N) is 1. The van der Waals surface area contributed by atoms with Crippen LogP contribution in [-0.4, -0.2) is 16.6 Å². The van der Waals surface area contributed by atoms with E-state index in [9.17, 15) is 4.79 Å². The van der Waals surface area contributed by atoms with E-state index < -0.39 is 0 Å². The summed E-state index contributed by atoms with van der Waals surface area (Å²) in [7, 11) is 0. The standard InChI is InChI=1S/C12H10ClN3OS/c1-8(9-3-2-6-14-7-9)15-16-12(17)10-4-5-11(13)18-10/h2-7H,1H3,(H,16,17). The Hall–Kier alpha value is -1.72. The van der Waals surface area contributed by atoms with Crippen LogP contribution in [0.1, 0.15) is 22.2 Å². The van der Waals surface area contributed by atoms with Crippen LogP contribution >= 0.6 is 22.9 Å². The third-order valence-corrected chi connectivity index (χ3v) is 3.43. The van der Waals surface area contributed by atoms with Gasteiger partial charge >= 0.3 is 0 Å². The molecular weight excluding hydrogens is 270 g/mol. The van der Waals surface area contributed by atoms with Crippen LogP contribution in [0.4, 0.5) is 0 Å². The number of hydrogen-bond acceptors (Lipinski definition) is 4. The zero-order valence-corrected chi connectivity index (χ0v) is 11.1. The van der Waals surface area contributed by atoms with Crippen molar-refractivity contribution < 1.29 is 4.79 Å². The molecule has 2 aromatic heterocycles. The van der Waals surface area contributed by atoms with E-state index in [0.717, 1.165) is 5.56 Å². The zero-order chi connectivity index (χ0) is 13.0. The first-order valence-corrected chi connectivity index (χ1v) is 6.36. The third kappa shape index (κ3) is 3.15. The van der Waals surface area contributed by atoms with E-state index in [4.69, 9.17) is 11.6 Å². The molecule has 0 unspecified atom stereocenters. The number of halogens is 1. The largest absolute Gasteiger partial charge is 0.281 e. The normalized spacial score (nSPS) is 11.3. The molecule has 6 heteroatoms. The molecular formula is C12H10ClN3OS. The second-order valence-electron chi connectivity index (χ2n) is 3.48. The van der Waals surface area contributed by atoms with E-state index in [2.05, 4.69) is 15.5 Å². The Kier molecular flexibility index (Phi) is 4.07. The molecule has 2 heterocycles. The van der Waals surface area contributed by atoms with Crippen molar-refractivity contribution in [2.75, 3.05) is 0 Å². The van der Waals surface area contributed by atoms with E-state index in [1.807, 2.05) is 12.1 Å². The summed E-state index contributed by atoms with van der Waals surface area (Å²) in [5, 5.41) is 4.02. The summed E-state index contributed by atoms with van der Waals surface area (Å²) < 4.78 is 0.577. The maximum atomic E-state index is 11.7. The van der Waals surface area contributed by atoms with Crippen LogP contribution in [0.25, 0.3) is 0 Å². The maximum absolute atomic E-state index is 11.7. The number of thiophene rings is 1. The van der Waals surface area contributed by atoms with Crippen LogP contribution < -0.4 is 5.43 Å². The highest BCUT2D eigenvalue weighted by Crippen LogP contribution is 2.21. The number of aromatic nitrogens is 1. The number of carbonyl (C=O) groups excluding carboxylic acids is 1. The first-order chi connectivity index (χ1) is 8.66. The summed E-state index contributed by atoms with van der Waals surface area (Å²) in [6, 6.07) is 7.03. The van der Waals surface area contributed by atoms with Gasteiger partial charge in [0.25, 0.3) is 5.91 Å². The maximum Gasteiger partial charge on any atom is 0.281 e. The Balaban J connectivity index is 2.05. The lowest BCUT2D eigenvalue weighted by atomic mass is 10.2. The minimum Gasteiger partial charge on any atom is -0.266 e. The van der Waals surface area contributed by atoms with Crippen LogP contribution in [0, 0.1) is 0 Å². The van der Waals surface area contributed by atoms with Gasteiger partial charge in [-0.1, -0.05) is 17.7 Å². The average Bonchev–Trinajstić information content (AvgIpc) is 2.83. The van der Waals surface area contributed by atoms with Crippen molar-refractivity contribution in [3.63, 3.8) is 0 Å². The van der Waals surface area contributed by atoms with Crippen molar-refractivity contribution in [1.29, 1.82) is 0 Å². The molecule has 92 valence electrons. The monoisotopic (exact) mass is 279 g/mol. The molecule has 0 spiro atoms. The summed E-state index contributed by atoms with van der Waals surface area (Å²) >= 11 is 6.97. The van der Waals surface area contributed by atoms with Gasteiger partial charge in [-0.2, -0.15) is 5.10 Å². The quantitative estimate of drug-likeness (QED) is 0.694. The first kappa shape index (κ1) is 12.7. The van der Waals surface area contributed by atoms with Gasteiger partial charge < -0.3 is 0 Å². The average molecular weight is 280 g/mol. The van der Waals surface area contributed by atoms with E-state index in [1.165, 1.54) is 11.3 Å². The molecule has 0 saturated carbocycles. The van der Waals surface area contributed by atoms with Crippen molar-refractivity contribution in [2.45, 2.75) is 6.92 Å². The van der Waals surface area contributed by atoms with Gasteiger partial charge in [-0.05, 0) is 25.1 Å². The van der Waals surface area contributed by atoms with E-state index >= 15 is 0 Å². The fraction of sp³-hybridized carbons (Fsp3) is 0.0833. The Morgan fingerprint density at radius 1 is 1.44 bits per heavy atom. The minimum absolute atomic E-state index is 0.268. The number of nitrogens with zero attached hydrogens (tertiary/aromatic N) is 2. The van der Waals surface area contributed by atoms with Crippen molar-refractivity contribution in [1.82, 2.24) is 10.4 Å². The molecule has 2 aromatic rings. The van der Waals surface area contributed by atoms with Crippen molar-refractivity contribution >= 4 is 34.6 Å². The second kappa shape index (κ2) is 5.75. The summed E-state index contributed by atoms with van der Waals surface area (Å²) in [6.07, 6.45) is 3.37. The molecule has 18 heavy (non-hydrogen) atoms. The number of hydrogen-bond donors (Lipinski definition) is 1. The predicted molar refractivity (Wildman–Crippen MR) is 73.2 cm³/mol. The number of hydrazone groups is 1. The molecule has 0 bridgehead atoms. The molecule has 0 aromatic carbocycles. The number of carbonyl (C=O) groups is 1. The van der Waals surface area contributed by atoms with Gasteiger partial charge in [-0.25, -0.2) is 5.43 Å². The molecule has 0 radical (unpaired) electrons. The van der Waals surface area contributed by atoms with Gasteiger partial charge in [0.2, 0.25) is 0 Å². The fourth-order valence-corrected chi connectivity index (χ4v) is 2.20. The Morgan fingerprint density at radius 2 is 2.28 bits per heavy atom. The molecule has 0 aliphatic heterocycles. The minimum atomic E-state index is -0.268. The molecule has 2 rings (SSSR count).